The van der Waals surface area contributed by atoms with E-state index in [-0.39, 0.29) is 28.2 Å². The number of aromatic nitrogens is 2. The first-order valence-corrected chi connectivity index (χ1v) is 10.3. The molecule has 0 spiro atoms. The maximum absolute atomic E-state index is 11.7. The molecule has 2 N–H and O–H groups in total. The fraction of sp³-hybridized carbons (Fsp3) is 0.278. The Balaban J connectivity index is 2.03. The number of para-hydroxylation sites is 2. The second-order valence-electron chi connectivity index (χ2n) is 6.71. The highest BCUT2D eigenvalue weighted by Gasteiger charge is 2.25. The Bertz CT molecular complexity index is 1070. The van der Waals surface area contributed by atoms with Gasteiger partial charge in [-0.3, -0.25) is 10.1 Å². The van der Waals surface area contributed by atoms with Crippen LogP contribution in [0, 0.1) is 16.0 Å². The van der Waals surface area contributed by atoms with E-state index in [1.165, 1.54) is 12.1 Å². The number of fused-ring (bicyclic) bond motifs is 1. The first-order valence-electron chi connectivity index (χ1n) is 8.36. The highest BCUT2D eigenvalue weighted by atomic mass is 32.2. The number of nitro benzene ring substituents is 1. The first-order chi connectivity index (χ1) is 12.7. The molecule has 0 amide bonds. The molecule has 27 heavy (non-hydrogen) atoms. The van der Waals surface area contributed by atoms with Gasteiger partial charge >= 0.3 is 0 Å². The van der Waals surface area contributed by atoms with Crippen molar-refractivity contribution in [3.63, 3.8) is 0 Å². The number of H-pyrrole nitrogens is 1. The number of benzene rings is 2. The third-order valence-electron chi connectivity index (χ3n) is 4.27. The molecule has 1 atom stereocenters. The lowest BCUT2D eigenvalue weighted by atomic mass is 10.0. The predicted molar refractivity (Wildman–Crippen MR) is 104 cm³/mol. The normalized spacial score (nSPS) is 13.0. The minimum absolute atomic E-state index is 0.0692. The van der Waals surface area contributed by atoms with Crippen molar-refractivity contribution >= 4 is 32.2 Å². The van der Waals surface area contributed by atoms with E-state index in [0.717, 1.165) is 23.4 Å². The van der Waals surface area contributed by atoms with E-state index in [0.29, 0.717) is 5.82 Å². The SMILES string of the molecule is CC(C)[C@@H](Nc1ccc(S(C)(=O)=O)cc1[N+](=O)[O-])c1nc2ccccc2[nH]1. The molecule has 1 aromatic heterocycles. The number of nitrogens with zero attached hydrogens (tertiary/aromatic N) is 2. The predicted octanol–water partition coefficient (Wildman–Crippen LogP) is 3.68. The zero-order chi connectivity index (χ0) is 19.8. The van der Waals surface area contributed by atoms with Crippen LogP contribution in [0.25, 0.3) is 11.0 Å². The molecule has 8 nitrogen and oxygen atoms in total. The van der Waals surface area contributed by atoms with Crippen LogP contribution in [-0.4, -0.2) is 29.6 Å². The van der Waals surface area contributed by atoms with Crippen molar-refractivity contribution in [1.82, 2.24) is 9.97 Å². The Morgan fingerprint density at radius 3 is 2.48 bits per heavy atom. The number of rotatable bonds is 6. The number of sulfone groups is 1. The molecule has 0 aliphatic rings. The minimum Gasteiger partial charge on any atom is -0.369 e. The van der Waals surface area contributed by atoms with Crippen LogP contribution in [0.3, 0.4) is 0 Å². The van der Waals surface area contributed by atoms with Gasteiger partial charge in [-0.25, -0.2) is 13.4 Å². The molecule has 142 valence electrons. The number of nitro groups is 1. The van der Waals surface area contributed by atoms with Gasteiger partial charge in [0.15, 0.2) is 9.84 Å². The molecule has 3 rings (SSSR count). The fourth-order valence-electron chi connectivity index (χ4n) is 2.85. The first kappa shape index (κ1) is 18.8. The lowest BCUT2D eigenvalue weighted by Crippen LogP contribution is -2.19. The van der Waals surface area contributed by atoms with E-state index in [1.807, 2.05) is 38.1 Å². The Morgan fingerprint density at radius 2 is 1.89 bits per heavy atom. The molecule has 9 heteroatoms. The van der Waals surface area contributed by atoms with Crippen molar-refractivity contribution in [3.8, 4) is 0 Å². The second-order valence-corrected chi connectivity index (χ2v) is 8.73. The van der Waals surface area contributed by atoms with Crippen LogP contribution in [0.2, 0.25) is 0 Å². The maximum Gasteiger partial charge on any atom is 0.293 e. The Labute approximate surface area is 156 Å². The van der Waals surface area contributed by atoms with E-state index < -0.39 is 14.8 Å². The Kier molecular flexibility index (Phi) is 4.88. The number of nitrogens with one attached hydrogen (secondary N) is 2. The van der Waals surface area contributed by atoms with Crippen molar-refractivity contribution in [2.45, 2.75) is 24.8 Å². The summed E-state index contributed by atoms with van der Waals surface area (Å²) in [6, 6.07) is 11.1. The summed E-state index contributed by atoms with van der Waals surface area (Å²) in [6.07, 6.45) is 1.02. The number of imidazole rings is 1. The average Bonchev–Trinajstić information content (AvgIpc) is 3.01. The Hall–Kier alpha value is -2.94. The third-order valence-corrected chi connectivity index (χ3v) is 5.38. The number of hydrogen-bond donors (Lipinski definition) is 2. The maximum atomic E-state index is 11.7. The monoisotopic (exact) mass is 388 g/mol. The third kappa shape index (κ3) is 3.92. The van der Waals surface area contributed by atoms with Crippen molar-refractivity contribution in [1.29, 1.82) is 0 Å². The summed E-state index contributed by atoms with van der Waals surface area (Å²) < 4.78 is 23.4. The van der Waals surface area contributed by atoms with Gasteiger partial charge in [0.25, 0.3) is 5.69 Å². The molecule has 0 bridgehead atoms. The van der Waals surface area contributed by atoms with Gasteiger partial charge in [-0.15, -0.1) is 0 Å². The number of aromatic amines is 1. The standard InChI is InChI=1S/C18H20N4O4S/c1-11(2)17(18-20-13-6-4-5-7-14(13)21-18)19-15-9-8-12(27(3,25)26)10-16(15)22(23)24/h4-11,17,19H,1-3H3,(H,20,21)/t17-/m1/s1. The molecular weight excluding hydrogens is 368 g/mol. The zero-order valence-electron chi connectivity index (χ0n) is 15.1. The minimum atomic E-state index is -3.54. The summed E-state index contributed by atoms with van der Waals surface area (Å²) in [6.45, 7) is 3.95. The summed E-state index contributed by atoms with van der Waals surface area (Å²) >= 11 is 0. The van der Waals surface area contributed by atoms with Gasteiger partial charge in [-0.05, 0) is 30.2 Å². The van der Waals surface area contributed by atoms with Crippen LogP contribution >= 0.6 is 0 Å². The van der Waals surface area contributed by atoms with Gasteiger partial charge in [0.2, 0.25) is 0 Å². The fourth-order valence-corrected chi connectivity index (χ4v) is 3.49. The van der Waals surface area contributed by atoms with Crippen LogP contribution in [0.1, 0.15) is 25.7 Å². The zero-order valence-corrected chi connectivity index (χ0v) is 15.9. The summed E-state index contributed by atoms with van der Waals surface area (Å²) in [5.74, 6) is 0.729. The molecule has 0 unspecified atom stereocenters. The molecule has 0 fully saturated rings. The molecule has 0 aliphatic carbocycles. The van der Waals surface area contributed by atoms with Gasteiger partial charge in [0, 0.05) is 12.3 Å². The number of anilines is 1. The van der Waals surface area contributed by atoms with Crippen molar-refractivity contribution < 1.29 is 13.3 Å². The van der Waals surface area contributed by atoms with Gasteiger partial charge in [0.05, 0.1) is 26.9 Å². The number of hydrogen-bond acceptors (Lipinski definition) is 6. The van der Waals surface area contributed by atoms with E-state index in [4.69, 9.17) is 0 Å². The topological polar surface area (TPSA) is 118 Å². The molecule has 0 aliphatic heterocycles. The lowest BCUT2D eigenvalue weighted by molar-refractivity contribution is -0.384. The van der Waals surface area contributed by atoms with Crippen molar-refractivity contribution in [3.05, 3.63) is 58.4 Å². The van der Waals surface area contributed by atoms with Crippen molar-refractivity contribution in [2.24, 2.45) is 5.92 Å². The van der Waals surface area contributed by atoms with Crippen LogP contribution in [0.4, 0.5) is 11.4 Å². The van der Waals surface area contributed by atoms with E-state index in [1.54, 1.807) is 0 Å². The van der Waals surface area contributed by atoms with Gasteiger partial charge in [0.1, 0.15) is 11.5 Å². The molecule has 0 radical (unpaired) electrons. The lowest BCUT2D eigenvalue weighted by Gasteiger charge is -2.21. The van der Waals surface area contributed by atoms with E-state index >= 15 is 0 Å². The highest BCUT2D eigenvalue weighted by molar-refractivity contribution is 7.90. The molecule has 0 saturated heterocycles. The molecule has 1 heterocycles. The second kappa shape index (κ2) is 6.99. The van der Waals surface area contributed by atoms with Gasteiger partial charge in [-0.2, -0.15) is 0 Å². The molecular formula is C18H20N4O4S. The van der Waals surface area contributed by atoms with E-state index in [9.17, 15) is 18.5 Å². The smallest absolute Gasteiger partial charge is 0.293 e. The summed E-state index contributed by atoms with van der Waals surface area (Å²) in [5, 5.41) is 14.6. The van der Waals surface area contributed by atoms with Crippen molar-refractivity contribution in [2.75, 3.05) is 11.6 Å². The molecule has 2 aromatic carbocycles. The molecule has 0 saturated carbocycles. The quantitative estimate of drug-likeness (QED) is 0.491. The summed E-state index contributed by atoms with van der Waals surface area (Å²) in [5.41, 5.74) is 1.63. The average molecular weight is 388 g/mol. The largest absolute Gasteiger partial charge is 0.369 e. The highest BCUT2D eigenvalue weighted by Crippen LogP contribution is 2.33. The van der Waals surface area contributed by atoms with Crippen LogP contribution < -0.4 is 5.32 Å². The van der Waals surface area contributed by atoms with Gasteiger partial charge < -0.3 is 10.3 Å². The summed E-state index contributed by atoms with van der Waals surface area (Å²) in [4.78, 5) is 18.6. The Morgan fingerprint density at radius 1 is 1.19 bits per heavy atom. The van der Waals surface area contributed by atoms with Crippen LogP contribution in [0.15, 0.2) is 47.4 Å². The van der Waals surface area contributed by atoms with E-state index in [2.05, 4.69) is 15.3 Å². The molecule has 3 aromatic rings. The van der Waals surface area contributed by atoms with Gasteiger partial charge in [-0.1, -0.05) is 26.0 Å². The summed E-state index contributed by atoms with van der Waals surface area (Å²) in [7, 11) is -3.54. The van der Waals surface area contributed by atoms with Crippen LogP contribution in [0.5, 0.6) is 0 Å². The van der Waals surface area contributed by atoms with Crippen LogP contribution in [-0.2, 0) is 9.84 Å².